The van der Waals surface area contributed by atoms with Crippen LogP contribution in [0.25, 0.3) is 0 Å². The lowest BCUT2D eigenvalue weighted by atomic mass is 9.87. The standard InChI is InChI=1S/C37H47Cl2N7O13/c1-35(2,3)27-32(55)46-19(10-15(47)13-40-46)29(52)41-18(14-58-5)28(51)42-25(21(48)11-22(49)50)31(54)45-20(30(53)44-26(33(56)59-27)36(4)8-9-36)12-37(57)16-6-7-17(38)23(39)24(16)43-34(37)45/h6-7,13,15,18-21,25-27,34,43,47-48,57H,8-12,14H2,1-5H3,(H,41,52)(H,42,51)(H,44,53)(H,49,50)/t15?,18-,19+,20+,21-,25+,26+,27-,34+,37-/m1/s1. The number of fused-ring (bicyclic) bond motifs is 6. The van der Waals surface area contributed by atoms with E-state index < -0.39 is 138 Å². The van der Waals surface area contributed by atoms with Gasteiger partial charge in [-0.15, -0.1) is 0 Å². The molecule has 0 radical (unpaired) electrons. The van der Waals surface area contributed by atoms with Crippen LogP contribution in [0.2, 0.25) is 10.0 Å². The number of amides is 5. The third kappa shape index (κ3) is 8.30. The number of carbonyl (C=O) groups excluding carboxylic acids is 6. The summed E-state index contributed by atoms with van der Waals surface area (Å²) in [5.41, 5.74) is -3.86. The number of anilines is 1. The molecular formula is C37H47Cl2N7O13. The molecule has 1 unspecified atom stereocenters. The summed E-state index contributed by atoms with van der Waals surface area (Å²) < 4.78 is 11.1. The molecule has 0 spiro atoms. The van der Waals surface area contributed by atoms with E-state index in [1.54, 1.807) is 27.7 Å². The van der Waals surface area contributed by atoms with Crippen molar-refractivity contribution in [2.45, 2.75) is 120 Å². The van der Waals surface area contributed by atoms with E-state index in [4.69, 9.17) is 32.7 Å². The van der Waals surface area contributed by atoms with Crippen molar-refractivity contribution in [3.63, 3.8) is 0 Å². The number of carboxylic acid groups (broad SMARTS) is 1. The summed E-state index contributed by atoms with van der Waals surface area (Å²) in [5, 5.41) is 58.9. The van der Waals surface area contributed by atoms with E-state index in [0.29, 0.717) is 12.8 Å². The van der Waals surface area contributed by atoms with E-state index in [1.807, 2.05) is 0 Å². The molecular weight excluding hydrogens is 821 g/mol. The Bertz CT molecular complexity index is 1980. The molecule has 4 aliphatic heterocycles. The fourth-order valence-electron chi connectivity index (χ4n) is 7.89. The molecule has 1 saturated carbocycles. The predicted octanol–water partition coefficient (Wildman–Crippen LogP) is -0.811. The van der Waals surface area contributed by atoms with Gasteiger partial charge in [-0.05, 0) is 24.3 Å². The Kier molecular flexibility index (Phi) is 12.0. The highest BCUT2D eigenvalue weighted by atomic mass is 35.5. The Morgan fingerprint density at radius 1 is 1.02 bits per heavy atom. The van der Waals surface area contributed by atoms with E-state index in [1.165, 1.54) is 19.2 Å². The average molecular weight is 869 g/mol. The van der Waals surface area contributed by atoms with Crippen molar-refractivity contribution >= 4 is 76.6 Å². The number of aliphatic carboxylic acids is 1. The number of carbonyl (C=O) groups is 7. The number of esters is 1. The maximum absolute atomic E-state index is 14.9. The van der Waals surface area contributed by atoms with Gasteiger partial charge in [0.15, 0.2) is 6.10 Å². The molecule has 0 aromatic heterocycles. The summed E-state index contributed by atoms with van der Waals surface area (Å²) in [6, 6.07) is -5.67. The molecule has 1 aromatic rings. The highest BCUT2D eigenvalue weighted by molar-refractivity contribution is 6.44. The number of nitrogens with one attached hydrogen (secondary N) is 4. The van der Waals surface area contributed by atoms with Crippen LogP contribution < -0.4 is 21.3 Å². The van der Waals surface area contributed by atoms with Gasteiger partial charge in [0.25, 0.3) is 5.91 Å². The van der Waals surface area contributed by atoms with Crippen molar-refractivity contribution in [2.24, 2.45) is 15.9 Å². The van der Waals surface area contributed by atoms with Crippen LogP contribution in [0.1, 0.15) is 65.4 Å². The smallest absolute Gasteiger partial charge is 0.330 e. The number of benzene rings is 1. The number of cyclic esters (lactones) is 1. The van der Waals surface area contributed by atoms with Crippen LogP contribution in [-0.4, -0.2) is 146 Å². The van der Waals surface area contributed by atoms with Crippen molar-refractivity contribution in [1.29, 1.82) is 0 Å². The van der Waals surface area contributed by atoms with Gasteiger partial charge < -0.3 is 56.1 Å². The zero-order valence-corrected chi connectivity index (χ0v) is 34.2. The van der Waals surface area contributed by atoms with Crippen LogP contribution in [0.3, 0.4) is 0 Å². The number of rotatable bonds is 6. The molecule has 20 nitrogen and oxygen atoms in total. The SMILES string of the molecule is COC[C@H]1NC(=O)[C@@H]2CC(O)C=NN2C(=O)[C@H](C(C)(C)C)OC(=O)[C@@H](C2(C)CC2)NC(=O)[C@@H]2C[C@@]3(O)c4ccc(Cl)c(Cl)c4N[C@H]3N2C(=O)[C@H]([C@H](O)CC(=O)O)NC1=O. The summed E-state index contributed by atoms with van der Waals surface area (Å²) in [4.78, 5) is 98.8. The van der Waals surface area contributed by atoms with Crippen molar-refractivity contribution in [3.05, 3.63) is 27.7 Å². The minimum absolute atomic E-state index is 0.0297. The van der Waals surface area contributed by atoms with E-state index in [-0.39, 0.29) is 21.3 Å². The Labute approximate surface area is 347 Å². The molecule has 1 aliphatic carbocycles. The number of hydrogen-bond donors (Lipinski definition) is 8. The van der Waals surface area contributed by atoms with Crippen LogP contribution in [0.15, 0.2) is 17.2 Å². The quantitative estimate of drug-likeness (QED) is 0.163. The summed E-state index contributed by atoms with van der Waals surface area (Å²) in [6.45, 7) is 5.93. The fourth-order valence-corrected chi connectivity index (χ4v) is 8.27. The lowest BCUT2D eigenvalue weighted by Crippen LogP contribution is -2.65. The minimum atomic E-state index is -2.16. The highest BCUT2D eigenvalue weighted by Gasteiger charge is 2.63. The summed E-state index contributed by atoms with van der Waals surface area (Å²) in [6.07, 6.45) is -6.80. The molecule has 22 heteroatoms. The van der Waals surface area contributed by atoms with Gasteiger partial charge in [-0.3, -0.25) is 28.8 Å². The van der Waals surface area contributed by atoms with Crippen molar-refractivity contribution in [1.82, 2.24) is 25.9 Å². The van der Waals surface area contributed by atoms with Crippen molar-refractivity contribution in [3.8, 4) is 0 Å². The number of nitrogens with zero attached hydrogens (tertiary/aromatic N) is 3. The van der Waals surface area contributed by atoms with E-state index in [9.17, 15) is 54.0 Å². The number of methoxy groups -OCH3 is 1. The average Bonchev–Trinajstić information content (AvgIpc) is 3.73. The van der Waals surface area contributed by atoms with Crippen molar-refractivity contribution < 1.29 is 63.5 Å². The van der Waals surface area contributed by atoms with Gasteiger partial charge in [0, 0.05) is 30.9 Å². The molecule has 5 amide bonds. The molecule has 59 heavy (non-hydrogen) atoms. The molecule has 3 fully saturated rings. The first-order valence-electron chi connectivity index (χ1n) is 18.9. The maximum atomic E-state index is 14.9. The largest absolute Gasteiger partial charge is 0.481 e. The fraction of sp³-hybridized carbons (Fsp3) is 0.622. The Morgan fingerprint density at radius 3 is 2.29 bits per heavy atom. The van der Waals surface area contributed by atoms with Gasteiger partial charge in [0.05, 0.1) is 47.2 Å². The Morgan fingerprint density at radius 2 is 1.68 bits per heavy atom. The monoisotopic (exact) mass is 867 g/mol. The van der Waals surface area contributed by atoms with Crippen LogP contribution in [0, 0.1) is 10.8 Å². The van der Waals surface area contributed by atoms with E-state index >= 15 is 0 Å². The number of ether oxygens (including phenoxy) is 2. The molecule has 5 aliphatic rings. The molecule has 4 heterocycles. The number of aliphatic hydroxyl groups is 3. The maximum Gasteiger partial charge on any atom is 0.330 e. The molecule has 2 saturated heterocycles. The van der Waals surface area contributed by atoms with E-state index in [2.05, 4.69) is 26.4 Å². The van der Waals surface area contributed by atoms with Gasteiger partial charge in [0.1, 0.15) is 42.0 Å². The second kappa shape index (κ2) is 16.1. The van der Waals surface area contributed by atoms with E-state index in [0.717, 1.165) is 16.1 Å². The van der Waals surface area contributed by atoms with Gasteiger partial charge in [-0.2, -0.15) is 5.10 Å². The lowest BCUT2D eigenvalue weighted by Gasteiger charge is -2.38. The first-order chi connectivity index (χ1) is 27.5. The first kappa shape index (κ1) is 44.0. The topological polar surface area (TPSA) is 286 Å². The van der Waals surface area contributed by atoms with Crippen LogP contribution in [0.4, 0.5) is 5.69 Å². The molecule has 1 aromatic carbocycles. The van der Waals surface area contributed by atoms with Crippen LogP contribution in [0.5, 0.6) is 0 Å². The molecule has 322 valence electrons. The number of aliphatic hydroxyl groups excluding tert-OH is 2. The van der Waals surface area contributed by atoms with Gasteiger partial charge in [-0.25, -0.2) is 9.80 Å². The second-order valence-corrected chi connectivity index (χ2v) is 17.7. The normalized spacial score (nSPS) is 32.8. The second-order valence-electron chi connectivity index (χ2n) is 16.9. The summed E-state index contributed by atoms with van der Waals surface area (Å²) in [5.74, 6) is -7.98. The Hall–Kier alpha value is -4.60. The summed E-state index contributed by atoms with van der Waals surface area (Å²) in [7, 11) is 1.18. The Balaban J connectivity index is 1.50. The van der Waals surface area contributed by atoms with Gasteiger partial charge >= 0.3 is 11.9 Å². The third-order valence-corrected chi connectivity index (χ3v) is 12.2. The van der Waals surface area contributed by atoms with Gasteiger partial charge in [-0.1, -0.05) is 57.0 Å². The number of halogens is 2. The van der Waals surface area contributed by atoms with Gasteiger partial charge in [0.2, 0.25) is 23.6 Å². The zero-order chi connectivity index (χ0) is 43.5. The zero-order valence-electron chi connectivity index (χ0n) is 32.7. The predicted molar refractivity (Wildman–Crippen MR) is 205 cm³/mol. The van der Waals surface area contributed by atoms with Crippen LogP contribution >= 0.6 is 23.2 Å². The summed E-state index contributed by atoms with van der Waals surface area (Å²) >= 11 is 12.8. The first-order valence-corrected chi connectivity index (χ1v) is 19.6. The molecule has 6 rings (SSSR count). The van der Waals surface area contributed by atoms with Crippen LogP contribution in [-0.2, 0) is 48.6 Å². The number of carboxylic acids is 1. The van der Waals surface area contributed by atoms with Crippen molar-refractivity contribution in [2.75, 3.05) is 19.0 Å². The minimum Gasteiger partial charge on any atom is -0.481 e. The molecule has 0 bridgehead atoms. The lowest BCUT2D eigenvalue weighted by molar-refractivity contribution is -0.173. The molecule has 10 atom stereocenters. The number of hydrogen-bond acceptors (Lipinski definition) is 14. The third-order valence-electron chi connectivity index (χ3n) is 11.4. The molecule has 8 N–H and O–H groups in total. The highest BCUT2D eigenvalue weighted by Crippen LogP contribution is 2.53. The number of hydrazone groups is 1.